The molecule has 0 saturated heterocycles. The average molecular weight is 326 g/mol. The summed E-state index contributed by atoms with van der Waals surface area (Å²) in [5.41, 5.74) is 2.26. The number of rotatable bonds is 4. The molecular weight excluding hydrogens is 308 g/mol. The van der Waals surface area contributed by atoms with E-state index in [0.717, 1.165) is 10.6 Å². The molecule has 1 aliphatic rings. The van der Waals surface area contributed by atoms with Gasteiger partial charge >= 0.3 is 5.97 Å². The Morgan fingerprint density at radius 2 is 1.96 bits per heavy atom. The van der Waals surface area contributed by atoms with Crippen LogP contribution in [0.5, 0.6) is 0 Å². The Balaban J connectivity index is 1.81. The number of anilines is 1. The lowest BCUT2D eigenvalue weighted by atomic mass is 10.1. The molecule has 1 heterocycles. The predicted molar refractivity (Wildman–Crippen MR) is 98.6 cm³/mol. The van der Waals surface area contributed by atoms with Crippen molar-refractivity contribution in [2.45, 2.75) is 6.04 Å². The van der Waals surface area contributed by atoms with Crippen molar-refractivity contribution >= 4 is 45.3 Å². The monoisotopic (exact) mass is 326 g/mol. The van der Waals surface area contributed by atoms with Crippen LogP contribution in [0.25, 0.3) is 16.8 Å². The molecule has 23 heavy (non-hydrogen) atoms. The number of aliphatic imine (C=N–C) groups is 1. The third kappa shape index (κ3) is 3.56. The van der Waals surface area contributed by atoms with Crippen LogP contribution in [0.4, 0.5) is 5.69 Å². The normalized spacial score (nSPS) is 17.7. The number of hydrogen-bond acceptors (Lipinski definition) is 4. The van der Waals surface area contributed by atoms with Crippen LogP contribution >= 0.6 is 11.8 Å². The van der Waals surface area contributed by atoms with Crippen LogP contribution in [0.1, 0.15) is 5.56 Å². The largest absolute Gasteiger partial charge is 0.480 e. The van der Waals surface area contributed by atoms with Gasteiger partial charge in [-0.25, -0.2) is 4.79 Å². The smallest absolute Gasteiger partial charge is 0.329 e. The standard InChI is InChI=1S/C18H18N2O2S/c1-20(2)15-7-6-13-9-12(3-5-14(13)10-15)4-8-17-19-16(11-23-17)18(21)22/h3-10,16H,11H2,1-2H3,(H,21,22). The van der Waals surface area contributed by atoms with Crippen molar-refractivity contribution in [3.8, 4) is 0 Å². The first-order valence-corrected chi connectivity index (χ1v) is 8.34. The van der Waals surface area contributed by atoms with Gasteiger partial charge in [-0.05, 0) is 40.6 Å². The van der Waals surface area contributed by atoms with Crippen molar-refractivity contribution in [3.05, 3.63) is 48.0 Å². The van der Waals surface area contributed by atoms with E-state index in [1.165, 1.54) is 28.2 Å². The van der Waals surface area contributed by atoms with E-state index in [9.17, 15) is 4.79 Å². The highest BCUT2D eigenvalue weighted by atomic mass is 32.2. The first kappa shape index (κ1) is 15.6. The SMILES string of the molecule is CN(C)c1ccc2cc(C=CC3=NC(C(=O)O)CS3)ccc2c1. The third-order valence-corrected chi connectivity index (χ3v) is 4.76. The zero-order valence-electron chi connectivity index (χ0n) is 13.1. The van der Waals surface area contributed by atoms with Gasteiger partial charge < -0.3 is 10.0 Å². The van der Waals surface area contributed by atoms with Gasteiger partial charge in [0.25, 0.3) is 0 Å². The Morgan fingerprint density at radius 1 is 1.22 bits per heavy atom. The molecule has 1 N–H and O–H groups in total. The zero-order chi connectivity index (χ0) is 16.4. The lowest BCUT2D eigenvalue weighted by Crippen LogP contribution is -2.16. The number of nitrogens with zero attached hydrogens (tertiary/aromatic N) is 2. The minimum Gasteiger partial charge on any atom is -0.480 e. The summed E-state index contributed by atoms with van der Waals surface area (Å²) in [7, 11) is 4.06. The molecule has 0 saturated carbocycles. The van der Waals surface area contributed by atoms with Crippen LogP contribution < -0.4 is 4.90 Å². The number of aliphatic carboxylic acids is 1. The highest BCUT2D eigenvalue weighted by molar-refractivity contribution is 8.14. The molecule has 2 aromatic carbocycles. The maximum absolute atomic E-state index is 10.9. The number of carbonyl (C=O) groups is 1. The Bertz CT molecular complexity index is 812. The Labute approximate surface area is 139 Å². The fourth-order valence-corrected chi connectivity index (χ4v) is 3.32. The molecule has 3 rings (SSSR count). The lowest BCUT2D eigenvalue weighted by molar-refractivity contribution is -0.137. The van der Waals surface area contributed by atoms with Crippen molar-refractivity contribution in [2.75, 3.05) is 24.7 Å². The molecule has 0 radical (unpaired) electrons. The Morgan fingerprint density at radius 3 is 2.65 bits per heavy atom. The van der Waals surface area contributed by atoms with Gasteiger partial charge in [-0.3, -0.25) is 4.99 Å². The second-order valence-electron chi connectivity index (χ2n) is 5.65. The van der Waals surface area contributed by atoms with Gasteiger partial charge in [0.15, 0.2) is 6.04 Å². The van der Waals surface area contributed by atoms with Crippen LogP contribution in [-0.4, -0.2) is 42.0 Å². The Kier molecular flexibility index (Phi) is 4.39. The highest BCUT2D eigenvalue weighted by Gasteiger charge is 2.22. The predicted octanol–water partition coefficient (Wildman–Crippen LogP) is 3.52. The van der Waals surface area contributed by atoms with E-state index in [1.54, 1.807) is 0 Å². The molecule has 1 unspecified atom stereocenters. The van der Waals surface area contributed by atoms with E-state index in [0.29, 0.717) is 5.75 Å². The first-order valence-electron chi connectivity index (χ1n) is 7.35. The summed E-state index contributed by atoms with van der Waals surface area (Å²) in [5, 5.41) is 12.1. The van der Waals surface area contributed by atoms with Gasteiger partial charge in [0, 0.05) is 25.5 Å². The van der Waals surface area contributed by atoms with Crippen molar-refractivity contribution < 1.29 is 9.90 Å². The lowest BCUT2D eigenvalue weighted by Gasteiger charge is -2.13. The van der Waals surface area contributed by atoms with Crippen molar-refractivity contribution in [3.63, 3.8) is 0 Å². The minimum atomic E-state index is -0.858. The molecule has 0 fully saturated rings. The molecule has 0 amide bonds. The van der Waals surface area contributed by atoms with E-state index in [1.807, 2.05) is 26.2 Å². The molecule has 0 spiro atoms. The summed E-state index contributed by atoms with van der Waals surface area (Å²) in [5.74, 6) is -0.344. The zero-order valence-corrected chi connectivity index (χ0v) is 13.9. The van der Waals surface area contributed by atoms with E-state index in [4.69, 9.17) is 5.11 Å². The molecule has 0 aliphatic carbocycles. The number of hydrogen-bond donors (Lipinski definition) is 1. The molecule has 1 aliphatic heterocycles. The van der Waals surface area contributed by atoms with E-state index >= 15 is 0 Å². The fraction of sp³-hybridized carbons (Fsp3) is 0.222. The maximum Gasteiger partial charge on any atom is 0.329 e. The van der Waals surface area contributed by atoms with Gasteiger partial charge in [0.05, 0.1) is 5.04 Å². The molecule has 5 heteroatoms. The van der Waals surface area contributed by atoms with Gasteiger partial charge in [0.2, 0.25) is 0 Å². The van der Waals surface area contributed by atoms with Crippen LogP contribution in [-0.2, 0) is 4.79 Å². The molecule has 0 aromatic heterocycles. The number of carboxylic acid groups (broad SMARTS) is 1. The second kappa shape index (κ2) is 6.46. The summed E-state index contributed by atoms with van der Waals surface area (Å²) in [6.45, 7) is 0. The molecule has 0 bridgehead atoms. The van der Waals surface area contributed by atoms with E-state index in [2.05, 4.69) is 46.3 Å². The van der Waals surface area contributed by atoms with E-state index < -0.39 is 12.0 Å². The number of benzene rings is 2. The van der Waals surface area contributed by atoms with Crippen LogP contribution in [0.3, 0.4) is 0 Å². The van der Waals surface area contributed by atoms with Gasteiger partial charge in [-0.2, -0.15) is 0 Å². The van der Waals surface area contributed by atoms with Gasteiger partial charge in [-0.15, -0.1) is 11.8 Å². The third-order valence-electron chi connectivity index (χ3n) is 3.74. The minimum absolute atomic E-state index is 0.514. The summed E-state index contributed by atoms with van der Waals surface area (Å²) >= 11 is 1.48. The molecule has 1 atom stereocenters. The molecule has 4 nitrogen and oxygen atoms in total. The second-order valence-corrected chi connectivity index (χ2v) is 6.69. The van der Waals surface area contributed by atoms with E-state index in [-0.39, 0.29) is 0 Å². The molecule has 2 aromatic rings. The summed E-state index contributed by atoms with van der Waals surface area (Å²) in [4.78, 5) is 17.2. The quantitative estimate of drug-likeness (QED) is 0.934. The Hall–Kier alpha value is -2.27. The molecular formula is C18H18N2O2S. The number of thioether (sulfide) groups is 1. The topological polar surface area (TPSA) is 52.9 Å². The van der Waals surface area contributed by atoms with Crippen molar-refractivity contribution in [1.82, 2.24) is 0 Å². The van der Waals surface area contributed by atoms with Crippen molar-refractivity contribution in [2.24, 2.45) is 4.99 Å². The maximum atomic E-state index is 10.9. The highest BCUT2D eigenvalue weighted by Crippen LogP contribution is 2.24. The number of carboxylic acids is 1. The first-order chi connectivity index (χ1) is 11.0. The van der Waals surface area contributed by atoms with Crippen LogP contribution in [0.2, 0.25) is 0 Å². The van der Waals surface area contributed by atoms with Crippen molar-refractivity contribution in [1.29, 1.82) is 0 Å². The number of fused-ring (bicyclic) bond motifs is 1. The summed E-state index contributed by atoms with van der Waals surface area (Å²) in [6, 6.07) is 12.1. The summed E-state index contributed by atoms with van der Waals surface area (Å²) < 4.78 is 0. The van der Waals surface area contributed by atoms with Crippen LogP contribution in [0, 0.1) is 0 Å². The van der Waals surface area contributed by atoms with Gasteiger partial charge in [0.1, 0.15) is 0 Å². The van der Waals surface area contributed by atoms with Gasteiger partial charge in [-0.1, -0.05) is 24.3 Å². The molecule has 118 valence electrons. The average Bonchev–Trinajstić information content (AvgIpc) is 3.01. The summed E-state index contributed by atoms with van der Waals surface area (Å²) in [6.07, 6.45) is 3.87. The fourth-order valence-electron chi connectivity index (χ4n) is 2.41. The van der Waals surface area contributed by atoms with Crippen LogP contribution in [0.15, 0.2) is 47.5 Å².